The van der Waals surface area contributed by atoms with Crippen molar-refractivity contribution in [3.63, 3.8) is 0 Å². The summed E-state index contributed by atoms with van der Waals surface area (Å²) in [5, 5.41) is 2.88. The molecule has 1 aliphatic heterocycles. The van der Waals surface area contributed by atoms with Crippen molar-refractivity contribution in [1.82, 2.24) is 10.2 Å². The van der Waals surface area contributed by atoms with Crippen molar-refractivity contribution in [2.24, 2.45) is 5.92 Å². The fourth-order valence-electron chi connectivity index (χ4n) is 3.53. The van der Waals surface area contributed by atoms with Gasteiger partial charge in [-0.25, -0.2) is 0 Å². The van der Waals surface area contributed by atoms with Crippen molar-refractivity contribution in [1.29, 1.82) is 0 Å². The van der Waals surface area contributed by atoms with E-state index in [1.165, 1.54) is 0 Å². The number of hydrogen-bond acceptors (Lipinski definition) is 3. The fourth-order valence-corrected chi connectivity index (χ4v) is 3.53. The number of piperidine rings is 1. The molecule has 1 N–H and O–H groups in total. The van der Waals surface area contributed by atoms with Gasteiger partial charge < -0.3 is 15.0 Å². The molecule has 1 fully saturated rings. The zero-order valence-electron chi connectivity index (χ0n) is 17.5. The molecule has 1 aliphatic rings. The molecule has 5 nitrogen and oxygen atoms in total. The summed E-state index contributed by atoms with van der Waals surface area (Å²) in [7, 11) is 0. The third-order valence-electron chi connectivity index (χ3n) is 5.13. The Labute approximate surface area is 173 Å². The minimum atomic E-state index is -0.0795. The highest BCUT2D eigenvalue weighted by molar-refractivity contribution is 5.94. The number of likely N-dealkylation sites (tertiary alicyclic amines) is 1. The first kappa shape index (κ1) is 20.9. The van der Waals surface area contributed by atoms with Crippen LogP contribution in [0.2, 0.25) is 0 Å². The van der Waals surface area contributed by atoms with E-state index in [1.807, 2.05) is 62.1 Å². The molecule has 154 valence electrons. The molecule has 5 heteroatoms. The Morgan fingerprint density at radius 3 is 2.38 bits per heavy atom. The first-order valence-electron chi connectivity index (χ1n) is 10.3. The van der Waals surface area contributed by atoms with E-state index in [1.54, 1.807) is 12.1 Å². The number of nitrogens with one attached hydrogen (secondary N) is 1. The predicted octanol–water partition coefficient (Wildman–Crippen LogP) is 4.06. The van der Waals surface area contributed by atoms with Gasteiger partial charge in [0, 0.05) is 36.2 Å². The van der Waals surface area contributed by atoms with Gasteiger partial charge in [0.05, 0.1) is 6.61 Å². The largest absolute Gasteiger partial charge is 0.493 e. The van der Waals surface area contributed by atoms with Gasteiger partial charge in [-0.3, -0.25) is 9.59 Å². The molecule has 0 spiro atoms. The topological polar surface area (TPSA) is 58.6 Å². The summed E-state index contributed by atoms with van der Waals surface area (Å²) < 4.78 is 5.94. The van der Waals surface area contributed by atoms with E-state index >= 15 is 0 Å². The van der Waals surface area contributed by atoms with Crippen LogP contribution in [-0.2, 0) is 0 Å². The lowest BCUT2D eigenvalue weighted by atomic mass is 9.98. The first-order chi connectivity index (χ1) is 13.9. The van der Waals surface area contributed by atoms with Gasteiger partial charge in [0.15, 0.2) is 0 Å². The normalized spacial score (nSPS) is 16.6. The maximum atomic E-state index is 12.8. The third kappa shape index (κ3) is 5.83. The lowest BCUT2D eigenvalue weighted by molar-refractivity contribution is 0.0633. The lowest BCUT2D eigenvalue weighted by Crippen LogP contribution is -2.41. The second-order valence-electron chi connectivity index (χ2n) is 8.09. The number of amides is 2. The maximum absolute atomic E-state index is 12.8. The molecule has 2 aromatic rings. The van der Waals surface area contributed by atoms with Crippen LogP contribution >= 0.6 is 0 Å². The van der Waals surface area contributed by atoms with Crippen molar-refractivity contribution < 1.29 is 14.3 Å². The molecule has 2 amide bonds. The molecule has 0 radical (unpaired) electrons. The van der Waals surface area contributed by atoms with E-state index in [0.717, 1.165) is 36.3 Å². The fraction of sp³-hybridized carbons (Fsp3) is 0.417. The number of carbonyl (C=O) groups excluding carboxylic acids is 2. The van der Waals surface area contributed by atoms with Crippen LogP contribution in [0.4, 0.5) is 0 Å². The van der Waals surface area contributed by atoms with Gasteiger partial charge >= 0.3 is 0 Å². The summed E-state index contributed by atoms with van der Waals surface area (Å²) in [6.45, 7) is 7.96. The molecular formula is C24H30N2O3. The number of nitrogens with zero attached hydrogens (tertiary/aromatic N) is 1. The number of rotatable bonds is 6. The maximum Gasteiger partial charge on any atom is 0.253 e. The Morgan fingerprint density at radius 2 is 1.72 bits per heavy atom. The number of carbonyl (C=O) groups is 2. The molecule has 0 saturated carbocycles. The summed E-state index contributed by atoms with van der Waals surface area (Å²) in [5.74, 6) is 1.06. The molecular weight excluding hydrogens is 364 g/mol. The monoisotopic (exact) mass is 394 g/mol. The van der Waals surface area contributed by atoms with Crippen molar-refractivity contribution in [3.8, 4) is 5.75 Å². The summed E-state index contributed by atoms with van der Waals surface area (Å²) in [6.07, 6.45) is 2.03. The highest BCUT2D eigenvalue weighted by Gasteiger charge is 2.25. The van der Waals surface area contributed by atoms with Gasteiger partial charge in [-0.2, -0.15) is 0 Å². The molecule has 29 heavy (non-hydrogen) atoms. The van der Waals surface area contributed by atoms with Gasteiger partial charge in [-0.15, -0.1) is 0 Å². The molecule has 1 heterocycles. The van der Waals surface area contributed by atoms with Crippen LogP contribution in [0, 0.1) is 12.8 Å². The van der Waals surface area contributed by atoms with E-state index < -0.39 is 0 Å². The number of aryl methyl sites for hydroxylation is 1. The minimum absolute atomic E-state index is 0.0795. The van der Waals surface area contributed by atoms with Crippen molar-refractivity contribution in [3.05, 3.63) is 65.2 Å². The smallest absolute Gasteiger partial charge is 0.253 e. The average molecular weight is 395 g/mol. The van der Waals surface area contributed by atoms with Gasteiger partial charge in [0.2, 0.25) is 0 Å². The van der Waals surface area contributed by atoms with Crippen LogP contribution in [0.1, 0.15) is 53.0 Å². The van der Waals surface area contributed by atoms with Gasteiger partial charge in [0.25, 0.3) is 11.8 Å². The Hall–Kier alpha value is -2.82. The van der Waals surface area contributed by atoms with Crippen LogP contribution in [0.25, 0.3) is 0 Å². The van der Waals surface area contributed by atoms with Gasteiger partial charge in [-0.1, -0.05) is 17.7 Å². The van der Waals surface area contributed by atoms with Crippen LogP contribution in [-0.4, -0.2) is 42.5 Å². The average Bonchev–Trinajstić information content (AvgIpc) is 2.72. The molecule has 0 bridgehead atoms. The standard InChI is InChI=1S/C24H30N2O3/c1-17(2)25-23(27)20-10-12-22(13-11-20)29-16-19-5-4-14-26(15-19)24(28)21-8-6-18(3)7-9-21/h6-13,17,19H,4-5,14-16H2,1-3H3,(H,25,27). The molecule has 1 atom stereocenters. The highest BCUT2D eigenvalue weighted by atomic mass is 16.5. The Kier molecular flexibility index (Phi) is 6.91. The Bertz CT molecular complexity index is 828. The summed E-state index contributed by atoms with van der Waals surface area (Å²) in [5.41, 5.74) is 2.52. The quantitative estimate of drug-likeness (QED) is 0.804. The molecule has 0 aromatic heterocycles. The summed E-state index contributed by atoms with van der Waals surface area (Å²) in [4.78, 5) is 26.7. The highest BCUT2D eigenvalue weighted by Crippen LogP contribution is 2.21. The Morgan fingerprint density at radius 1 is 1.07 bits per heavy atom. The second kappa shape index (κ2) is 9.59. The number of benzene rings is 2. The molecule has 0 aliphatic carbocycles. The molecule has 1 unspecified atom stereocenters. The number of hydrogen-bond donors (Lipinski definition) is 1. The number of ether oxygens (including phenoxy) is 1. The van der Waals surface area contributed by atoms with Gasteiger partial charge in [-0.05, 0) is 70.0 Å². The van der Waals surface area contributed by atoms with E-state index in [-0.39, 0.29) is 17.9 Å². The summed E-state index contributed by atoms with van der Waals surface area (Å²) in [6, 6.07) is 15.1. The first-order valence-corrected chi connectivity index (χ1v) is 10.3. The van der Waals surface area contributed by atoms with E-state index in [2.05, 4.69) is 5.32 Å². The zero-order chi connectivity index (χ0) is 20.8. The van der Waals surface area contributed by atoms with Crippen molar-refractivity contribution in [2.45, 2.75) is 39.7 Å². The second-order valence-corrected chi connectivity index (χ2v) is 8.09. The third-order valence-corrected chi connectivity index (χ3v) is 5.13. The minimum Gasteiger partial charge on any atom is -0.493 e. The SMILES string of the molecule is Cc1ccc(C(=O)N2CCCC(COc3ccc(C(=O)NC(C)C)cc3)C2)cc1. The molecule has 1 saturated heterocycles. The predicted molar refractivity (Wildman–Crippen MR) is 114 cm³/mol. The zero-order valence-corrected chi connectivity index (χ0v) is 17.5. The lowest BCUT2D eigenvalue weighted by Gasteiger charge is -2.32. The van der Waals surface area contributed by atoms with E-state index in [0.29, 0.717) is 24.6 Å². The summed E-state index contributed by atoms with van der Waals surface area (Å²) >= 11 is 0. The molecule has 3 rings (SSSR count). The van der Waals surface area contributed by atoms with Crippen molar-refractivity contribution >= 4 is 11.8 Å². The van der Waals surface area contributed by atoms with E-state index in [9.17, 15) is 9.59 Å². The van der Waals surface area contributed by atoms with Gasteiger partial charge in [0.1, 0.15) is 5.75 Å². The van der Waals surface area contributed by atoms with Crippen LogP contribution in [0.5, 0.6) is 5.75 Å². The Balaban J connectivity index is 1.52. The van der Waals surface area contributed by atoms with Crippen LogP contribution in [0.3, 0.4) is 0 Å². The molecule has 2 aromatic carbocycles. The van der Waals surface area contributed by atoms with Crippen LogP contribution in [0.15, 0.2) is 48.5 Å². The van der Waals surface area contributed by atoms with Crippen molar-refractivity contribution in [2.75, 3.05) is 19.7 Å². The van der Waals surface area contributed by atoms with E-state index in [4.69, 9.17) is 4.74 Å². The van der Waals surface area contributed by atoms with Crippen LogP contribution < -0.4 is 10.1 Å².